The molecule has 0 aliphatic heterocycles. The van der Waals surface area contributed by atoms with Crippen molar-refractivity contribution in [1.82, 2.24) is 0 Å². The van der Waals surface area contributed by atoms with Gasteiger partial charge in [-0.05, 0) is 23.9 Å². The Hall–Kier alpha value is -1.59. The number of fused-ring (bicyclic) bond motifs is 1. The first kappa shape index (κ1) is 16.8. The van der Waals surface area contributed by atoms with Gasteiger partial charge < -0.3 is 14.6 Å². The van der Waals surface area contributed by atoms with Crippen molar-refractivity contribution >= 4 is 27.2 Å². The molecule has 0 saturated carbocycles. The van der Waals surface area contributed by atoms with E-state index in [1.165, 1.54) is 11.3 Å². The van der Waals surface area contributed by atoms with Crippen LogP contribution in [0.5, 0.6) is 11.5 Å². The predicted octanol–water partition coefficient (Wildman–Crippen LogP) is 3.90. The molecule has 5 heteroatoms. The van der Waals surface area contributed by atoms with Crippen molar-refractivity contribution in [3.8, 4) is 11.5 Å². The van der Waals surface area contributed by atoms with E-state index in [2.05, 4.69) is 0 Å². The Balaban J connectivity index is 2.30. The molecule has 0 aliphatic carbocycles. The fourth-order valence-electron chi connectivity index (χ4n) is 2.09. The number of Topliss-reactive ketones (excluding diaryl/α,β-unsaturated/α-hetero) is 1. The largest absolute Gasteiger partial charge is 0.493 e. The molecule has 1 unspecified atom stereocenters. The highest BCUT2D eigenvalue weighted by Crippen LogP contribution is 2.37. The second-order valence-electron chi connectivity index (χ2n) is 5.42. The van der Waals surface area contributed by atoms with E-state index in [0.29, 0.717) is 24.5 Å². The first-order valence-electron chi connectivity index (χ1n) is 7.47. The smallest absolute Gasteiger partial charge is 0.172 e. The van der Waals surface area contributed by atoms with Crippen molar-refractivity contribution in [3.05, 3.63) is 23.1 Å². The summed E-state index contributed by atoms with van der Waals surface area (Å²) >= 11 is 1.49. The van der Waals surface area contributed by atoms with Crippen molar-refractivity contribution in [2.24, 2.45) is 5.92 Å². The highest BCUT2D eigenvalue weighted by molar-refractivity contribution is 7.20. The third kappa shape index (κ3) is 3.78. The number of hydrogen-bond acceptors (Lipinski definition) is 5. The minimum atomic E-state index is 0.0598. The average Bonchev–Trinajstić information content (AvgIpc) is 2.94. The SMILES string of the molecule is CCCC(=O)c1cc2cc(OCC(C)CO)c(OC)cc2s1. The summed E-state index contributed by atoms with van der Waals surface area (Å²) in [5.74, 6) is 1.53. The van der Waals surface area contributed by atoms with Gasteiger partial charge in [-0.25, -0.2) is 0 Å². The first-order valence-corrected chi connectivity index (χ1v) is 8.29. The lowest BCUT2D eigenvalue weighted by atomic mass is 10.1. The number of aliphatic hydroxyl groups excluding tert-OH is 1. The van der Waals surface area contributed by atoms with Crippen LogP contribution in [0.25, 0.3) is 10.1 Å². The summed E-state index contributed by atoms with van der Waals surface area (Å²) < 4.78 is 12.1. The molecule has 2 aromatic rings. The topological polar surface area (TPSA) is 55.8 Å². The molecule has 0 saturated heterocycles. The summed E-state index contributed by atoms with van der Waals surface area (Å²) in [5.41, 5.74) is 0. The third-order valence-electron chi connectivity index (χ3n) is 3.39. The monoisotopic (exact) mass is 322 g/mol. The fraction of sp³-hybridized carbons (Fsp3) is 0.471. The Labute approximate surface area is 134 Å². The average molecular weight is 322 g/mol. The summed E-state index contributed by atoms with van der Waals surface area (Å²) in [6.45, 7) is 4.42. The van der Waals surface area contributed by atoms with E-state index >= 15 is 0 Å². The van der Waals surface area contributed by atoms with Crippen LogP contribution < -0.4 is 9.47 Å². The lowest BCUT2D eigenvalue weighted by Gasteiger charge is -2.13. The number of thiophene rings is 1. The number of carbonyl (C=O) groups is 1. The number of ketones is 1. The van der Waals surface area contributed by atoms with Gasteiger partial charge in [0.1, 0.15) is 0 Å². The number of methoxy groups -OCH3 is 1. The van der Waals surface area contributed by atoms with E-state index in [9.17, 15) is 4.79 Å². The van der Waals surface area contributed by atoms with Crippen LogP contribution in [0.15, 0.2) is 18.2 Å². The Kier molecular flexibility index (Phi) is 5.80. The molecule has 1 aromatic carbocycles. The van der Waals surface area contributed by atoms with Gasteiger partial charge in [-0.2, -0.15) is 0 Å². The maximum absolute atomic E-state index is 12.0. The van der Waals surface area contributed by atoms with Crippen LogP contribution in [-0.4, -0.2) is 31.2 Å². The van der Waals surface area contributed by atoms with Gasteiger partial charge >= 0.3 is 0 Å². The molecule has 0 bridgehead atoms. The Bertz CT molecular complexity index is 647. The molecule has 4 nitrogen and oxygen atoms in total. The van der Waals surface area contributed by atoms with Crippen LogP contribution in [0.3, 0.4) is 0 Å². The molecule has 22 heavy (non-hydrogen) atoms. The van der Waals surface area contributed by atoms with Gasteiger partial charge in [0.15, 0.2) is 17.3 Å². The zero-order valence-corrected chi connectivity index (χ0v) is 14.0. The number of ether oxygens (including phenoxy) is 2. The Morgan fingerprint density at radius 2 is 2.09 bits per heavy atom. The minimum Gasteiger partial charge on any atom is -0.493 e. The molecular weight excluding hydrogens is 300 g/mol. The second kappa shape index (κ2) is 7.61. The molecule has 1 aromatic heterocycles. The van der Waals surface area contributed by atoms with Gasteiger partial charge in [0, 0.05) is 29.7 Å². The third-order valence-corrected chi connectivity index (χ3v) is 4.53. The van der Waals surface area contributed by atoms with Gasteiger partial charge in [-0.15, -0.1) is 11.3 Å². The molecule has 0 spiro atoms. The summed E-state index contributed by atoms with van der Waals surface area (Å²) in [5, 5.41) is 10.1. The molecule has 0 fully saturated rings. The van der Waals surface area contributed by atoms with Crippen molar-refractivity contribution in [2.75, 3.05) is 20.3 Å². The molecule has 1 heterocycles. The molecule has 120 valence electrons. The number of aliphatic hydroxyl groups is 1. The predicted molar refractivity (Wildman–Crippen MR) is 89.4 cm³/mol. The summed E-state index contributed by atoms with van der Waals surface area (Å²) in [7, 11) is 1.60. The number of rotatable bonds is 8. The van der Waals surface area contributed by atoms with Crippen LogP contribution >= 0.6 is 11.3 Å². The summed E-state index contributed by atoms with van der Waals surface area (Å²) in [4.78, 5) is 12.8. The van der Waals surface area contributed by atoms with Crippen LogP contribution in [-0.2, 0) is 0 Å². The van der Waals surface area contributed by atoms with E-state index in [4.69, 9.17) is 14.6 Å². The molecule has 0 aliphatic rings. The van der Waals surface area contributed by atoms with E-state index in [-0.39, 0.29) is 18.3 Å². The summed E-state index contributed by atoms with van der Waals surface area (Å²) in [6.07, 6.45) is 1.42. The number of benzene rings is 1. The van der Waals surface area contributed by atoms with E-state index < -0.39 is 0 Å². The quantitative estimate of drug-likeness (QED) is 0.749. The Morgan fingerprint density at radius 3 is 2.73 bits per heavy atom. The van der Waals surface area contributed by atoms with Crippen LogP contribution in [0.4, 0.5) is 0 Å². The second-order valence-corrected chi connectivity index (χ2v) is 6.51. The maximum atomic E-state index is 12.0. The van der Waals surface area contributed by atoms with Crippen molar-refractivity contribution < 1.29 is 19.4 Å². The molecule has 1 N–H and O–H groups in total. The van der Waals surface area contributed by atoms with Gasteiger partial charge in [0.05, 0.1) is 18.6 Å². The van der Waals surface area contributed by atoms with Crippen molar-refractivity contribution in [1.29, 1.82) is 0 Å². The van der Waals surface area contributed by atoms with Gasteiger partial charge in [-0.1, -0.05) is 13.8 Å². The fourth-order valence-corrected chi connectivity index (χ4v) is 3.13. The zero-order chi connectivity index (χ0) is 16.1. The molecule has 1 atom stereocenters. The minimum absolute atomic E-state index is 0.0598. The zero-order valence-electron chi connectivity index (χ0n) is 13.2. The first-order chi connectivity index (χ1) is 10.6. The highest BCUT2D eigenvalue weighted by atomic mass is 32.1. The van der Waals surface area contributed by atoms with Gasteiger partial charge in [0.25, 0.3) is 0 Å². The summed E-state index contributed by atoms with van der Waals surface area (Å²) in [6, 6.07) is 5.72. The number of carbonyl (C=O) groups excluding carboxylic acids is 1. The molecule has 2 rings (SSSR count). The van der Waals surface area contributed by atoms with Crippen molar-refractivity contribution in [3.63, 3.8) is 0 Å². The molecular formula is C17H22O4S. The number of hydrogen-bond donors (Lipinski definition) is 1. The standard InChI is InChI=1S/C17H22O4S/c1-4-5-13(19)17-7-12-6-15(21-10-11(2)9-18)14(20-3)8-16(12)22-17/h6-8,11,18H,4-5,9-10H2,1-3H3. The van der Waals surface area contributed by atoms with Gasteiger partial charge in [-0.3, -0.25) is 4.79 Å². The van der Waals surface area contributed by atoms with Crippen LogP contribution in [0.2, 0.25) is 0 Å². The van der Waals surface area contributed by atoms with Crippen LogP contribution in [0.1, 0.15) is 36.4 Å². The lowest BCUT2D eigenvalue weighted by Crippen LogP contribution is -2.12. The van der Waals surface area contributed by atoms with E-state index in [1.807, 2.05) is 32.0 Å². The normalized spacial score (nSPS) is 12.4. The lowest BCUT2D eigenvalue weighted by molar-refractivity contribution is 0.0985. The highest BCUT2D eigenvalue weighted by Gasteiger charge is 2.14. The maximum Gasteiger partial charge on any atom is 0.172 e. The Morgan fingerprint density at radius 1 is 1.32 bits per heavy atom. The van der Waals surface area contributed by atoms with E-state index in [0.717, 1.165) is 21.4 Å². The van der Waals surface area contributed by atoms with Gasteiger partial charge in [0.2, 0.25) is 0 Å². The molecule has 0 radical (unpaired) electrons. The van der Waals surface area contributed by atoms with Crippen LogP contribution in [0, 0.1) is 5.92 Å². The van der Waals surface area contributed by atoms with E-state index in [1.54, 1.807) is 7.11 Å². The van der Waals surface area contributed by atoms with Crippen molar-refractivity contribution in [2.45, 2.75) is 26.7 Å². The molecule has 0 amide bonds.